The Labute approximate surface area is 152 Å². The highest BCUT2D eigenvalue weighted by Crippen LogP contribution is 2.12. The largest absolute Gasteiger partial charge is 0.462 e. The molecule has 2 aromatic rings. The molecule has 0 saturated carbocycles. The number of carbonyl (C=O) groups excluding carboxylic acids is 3. The zero-order valence-corrected chi connectivity index (χ0v) is 14.8. The zero-order valence-electron chi connectivity index (χ0n) is 14.8. The predicted octanol–water partition coefficient (Wildman–Crippen LogP) is 3.36. The van der Waals surface area contributed by atoms with Crippen molar-refractivity contribution in [2.45, 2.75) is 20.3 Å². The number of nitrogens with one attached hydrogen (secondary N) is 1. The highest BCUT2D eigenvalue weighted by Gasteiger charge is 2.12. The molecule has 0 aliphatic heterocycles. The van der Waals surface area contributed by atoms with E-state index in [0.29, 0.717) is 23.4 Å². The number of ether oxygens (including phenoxy) is 2. The van der Waals surface area contributed by atoms with Gasteiger partial charge < -0.3 is 14.8 Å². The standard InChI is InChI=1S/C20H21NO5/c1-3-12-25-19(23)15-8-10-16(11-9-15)21-18(22)13-26-20(24)17-7-5-4-6-14(17)2/h4-11H,3,12-13H2,1-2H3,(H,21,22). The first-order valence-corrected chi connectivity index (χ1v) is 8.31. The molecule has 0 atom stereocenters. The Morgan fingerprint density at radius 3 is 2.27 bits per heavy atom. The van der Waals surface area contributed by atoms with Gasteiger partial charge in [0.1, 0.15) is 0 Å². The number of amides is 1. The quantitative estimate of drug-likeness (QED) is 0.770. The van der Waals surface area contributed by atoms with Gasteiger partial charge in [-0.1, -0.05) is 25.1 Å². The molecule has 0 aliphatic carbocycles. The maximum absolute atomic E-state index is 12.0. The molecule has 2 rings (SSSR count). The molecule has 0 radical (unpaired) electrons. The second-order valence-electron chi connectivity index (χ2n) is 5.65. The number of hydrogen-bond acceptors (Lipinski definition) is 5. The molecule has 26 heavy (non-hydrogen) atoms. The topological polar surface area (TPSA) is 81.7 Å². The van der Waals surface area contributed by atoms with Crippen LogP contribution < -0.4 is 5.32 Å². The van der Waals surface area contributed by atoms with E-state index in [-0.39, 0.29) is 0 Å². The Morgan fingerprint density at radius 1 is 0.923 bits per heavy atom. The van der Waals surface area contributed by atoms with Crippen LogP contribution in [0.15, 0.2) is 48.5 Å². The summed E-state index contributed by atoms with van der Waals surface area (Å²) in [5.74, 6) is -1.42. The van der Waals surface area contributed by atoms with Crippen molar-refractivity contribution in [1.82, 2.24) is 0 Å². The summed E-state index contributed by atoms with van der Waals surface area (Å²) in [4.78, 5) is 35.6. The van der Waals surface area contributed by atoms with E-state index in [1.165, 1.54) is 0 Å². The van der Waals surface area contributed by atoms with E-state index in [4.69, 9.17) is 9.47 Å². The number of carbonyl (C=O) groups is 3. The summed E-state index contributed by atoms with van der Waals surface area (Å²) >= 11 is 0. The molecule has 6 heteroatoms. The lowest BCUT2D eigenvalue weighted by Gasteiger charge is -2.08. The molecule has 136 valence electrons. The predicted molar refractivity (Wildman–Crippen MR) is 97.1 cm³/mol. The highest BCUT2D eigenvalue weighted by molar-refractivity contribution is 5.96. The number of anilines is 1. The molecule has 0 heterocycles. The van der Waals surface area contributed by atoms with Gasteiger partial charge in [0.05, 0.1) is 17.7 Å². The molecular weight excluding hydrogens is 334 g/mol. The second-order valence-corrected chi connectivity index (χ2v) is 5.65. The van der Waals surface area contributed by atoms with Crippen LogP contribution in [0.4, 0.5) is 5.69 Å². The lowest BCUT2D eigenvalue weighted by Crippen LogP contribution is -2.21. The third kappa shape index (κ3) is 5.44. The molecule has 0 fully saturated rings. The molecule has 0 aromatic heterocycles. The van der Waals surface area contributed by atoms with Gasteiger partial charge in [0.2, 0.25) is 0 Å². The minimum atomic E-state index is -0.549. The Balaban J connectivity index is 1.85. The minimum absolute atomic E-state index is 0.365. The van der Waals surface area contributed by atoms with Crippen molar-refractivity contribution in [3.8, 4) is 0 Å². The summed E-state index contributed by atoms with van der Waals surface area (Å²) in [5, 5.41) is 2.60. The van der Waals surface area contributed by atoms with Gasteiger partial charge in [0.25, 0.3) is 5.91 Å². The summed E-state index contributed by atoms with van der Waals surface area (Å²) in [6.07, 6.45) is 0.751. The van der Waals surface area contributed by atoms with E-state index in [0.717, 1.165) is 12.0 Å². The van der Waals surface area contributed by atoms with Crippen molar-refractivity contribution >= 4 is 23.5 Å². The van der Waals surface area contributed by atoms with Crippen LogP contribution >= 0.6 is 0 Å². The van der Waals surface area contributed by atoms with Gasteiger partial charge >= 0.3 is 11.9 Å². The fourth-order valence-corrected chi connectivity index (χ4v) is 2.18. The molecule has 0 unspecified atom stereocenters. The molecular formula is C20H21NO5. The zero-order chi connectivity index (χ0) is 18.9. The van der Waals surface area contributed by atoms with Crippen LogP contribution in [0.5, 0.6) is 0 Å². The van der Waals surface area contributed by atoms with Crippen molar-refractivity contribution in [1.29, 1.82) is 0 Å². The van der Waals surface area contributed by atoms with Crippen LogP contribution in [-0.4, -0.2) is 31.1 Å². The van der Waals surface area contributed by atoms with Gasteiger partial charge in [-0.15, -0.1) is 0 Å². The Morgan fingerprint density at radius 2 is 1.62 bits per heavy atom. The lowest BCUT2D eigenvalue weighted by molar-refractivity contribution is -0.119. The first-order valence-electron chi connectivity index (χ1n) is 8.31. The van der Waals surface area contributed by atoms with E-state index >= 15 is 0 Å². The molecule has 0 saturated heterocycles. The van der Waals surface area contributed by atoms with Gasteiger partial charge in [-0.05, 0) is 49.2 Å². The van der Waals surface area contributed by atoms with E-state index < -0.39 is 24.5 Å². The maximum atomic E-state index is 12.0. The number of hydrogen-bond donors (Lipinski definition) is 1. The monoisotopic (exact) mass is 355 g/mol. The SMILES string of the molecule is CCCOC(=O)c1ccc(NC(=O)COC(=O)c2ccccc2C)cc1. The average molecular weight is 355 g/mol. The number of benzene rings is 2. The molecule has 1 N–H and O–H groups in total. The van der Waals surface area contributed by atoms with Crippen LogP contribution in [-0.2, 0) is 14.3 Å². The second kappa shape index (κ2) is 9.36. The summed E-state index contributed by atoms with van der Waals surface area (Å²) in [7, 11) is 0. The van der Waals surface area contributed by atoms with Gasteiger partial charge in [-0.25, -0.2) is 9.59 Å². The minimum Gasteiger partial charge on any atom is -0.462 e. The Bertz CT molecular complexity index is 783. The van der Waals surface area contributed by atoms with E-state index in [9.17, 15) is 14.4 Å². The molecule has 0 bridgehead atoms. The summed E-state index contributed by atoms with van der Waals surface area (Å²) < 4.78 is 10.1. The Hall–Kier alpha value is -3.15. The van der Waals surface area contributed by atoms with Crippen molar-refractivity contribution in [3.63, 3.8) is 0 Å². The van der Waals surface area contributed by atoms with Crippen molar-refractivity contribution in [2.75, 3.05) is 18.5 Å². The summed E-state index contributed by atoms with van der Waals surface area (Å²) in [6.45, 7) is 3.68. The Kier molecular flexibility index (Phi) is 6.91. The van der Waals surface area contributed by atoms with Gasteiger partial charge in [0.15, 0.2) is 6.61 Å². The van der Waals surface area contributed by atoms with Crippen LogP contribution in [0.3, 0.4) is 0 Å². The molecule has 2 aromatic carbocycles. The molecule has 0 spiro atoms. The number of esters is 2. The van der Waals surface area contributed by atoms with E-state index in [2.05, 4.69) is 5.32 Å². The average Bonchev–Trinajstić information content (AvgIpc) is 2.65. The molecule has 0 aliphatic rings. The number of aryl methyl sites for hydroxylation is 1. The third-order valence-corrected chi connectivity index (χ3v) is 3.54. The summed E-state index contributed by atoms with van der Waals surface area (Å²) in [6, 6.07) is 13.3. The van der Waals surface area contributed by atoms with Gasteiger partial charge in [-0.3, -0.25) is 4.79 Å². The van der Waals surface area contributed by atoms with E-state index in [1.807, 2.05) is 13.0 Å². The van der Waals surface area contributed by atoms with Crippen molar-refractivity contribution in [2.24, 2.45) is 0 Å². The van der Waals surface area contributed by atoms with Gasteiger partial charge in [0, 0.05) is 5.69 Å². The normalized spacial score (nSPS) is 10.1. The first kappa shape index (κ1) is 19.2. The molecule has 1 amide bonds. The fraction of sp³-hybridized carbons (Fsp3) is 0.250. The van der Waals surface area contributed by atoms with Crippen LogP contribution in [0.2, 0.25) is 0 Å². The van der Waals surface area contributed by atoms with Crippen LogP contribution in [0.25, 0.3) is 0 Å². The molecule has 6 nitrogen and oxygen atoms in total. The van der Waals surface area contributed by atoms with E-state index in [1.54, 1.807) is 49.4 Å². The maximum Gasteiger partial charge on any atom is 0.338 e. The van der Waals surface area contributed by atoms with Gasteiger partial charge in [-0.2, -0.15) is 0 Å². The third-order valence-electron chi connectivity index (χ3n) is 3.54. The number of rotatable bonds is 7. The van der Waals surface area contributed by atoms with Crippen LogP contribution in [0.1, 0.15) is 39.6 Å². The lowest BCUT2D eigenvalue weighted by atomic mass is 10.1. The highest BCUT2D eigenvalue weighted by atomic mass is 16.5. The van der Waals surface area contributed by atoms with Crippen molar-refractivity contribution in [3.05, 3.63) is 65.2 Å². The fourth-order valence-electron chi connectivity index (χ4n) is 2.18. The van der Waals surface area contributed by atoms with Crippen molar-refractivity contribution < 1.29 is 23.9 Å². The smallest absolute Gasteiger partial charge is 0.338 e. The summed E-state index contributed by atoms with van der Waals surface area (Å²) in [5.41, 5.74) is 2.11. The van der Waals surface area contributed by atoms with Crippen LogP contribution in [0, 0.1) is 6.92 Å². The first-order chi connectivity index (χ1) is 12.5.